The zero-order valence-corrected chi connectivity index (χ0v) is 15.7. The van der Waals surface area contributed by atoms with Crippen LogP contribution in [-0.2, 0) is 17.6 Å². The van der Waals surface area contributed by atoms with E-state index >= 15 is 0 Å². The Balaban J connectivity index is 1.87. The molecule has 27 heavy (non-hydrogen) atoms. The fourth-order valence-electron chi connectivity index (χ4n) is 3.65. The molecule has 0 saturated carbocycles. The Hall–Kier alpha value is -1.82. The lowest BCUT2D eigenvalue weighted by molar-refractivity contribution is -0.113. The number of hydrogen-bond donors (Lipinski definition) is 2. The van der Waals surface area contributed by atoms with Crippen LogP contribution in [0.5, 0.6) is 0 Å². The summed E-state index contributed by atoms with van der Waals surface area (Å²) in [6.45, 7) is 3.59. The van der Waals surface area contributed by atoms with Crippen LogP contribution in [0.4, 0.5) is 8.78 Å². The molecular weight excluding hydrogens is 350 g/mol. The standard InChI is InChI=1S/C22H26F2O3/c1-3-14-6-7-16(22(24)21(14)23)9-17-8-15(5-4-13(17)2)20-11-18(26)10-19(12-25)27-20/h4-8,18-20,25-26H,3,9-12H2,1-2H3/t18-,19-,20+/m0/s1. The molecule has 1 saturated heterocycles. The molecule has 5 heteroatoms. The molecule has 1 heterocycles. The first-order chi connectivity index (χ1) is 12.9. The third-order valence-corrected chi connectivity index (χ3v) is 5.33. The van der Waals surface area contributed by atoms with Gasteiger partial charge in [0.05, 0.1) is 24.9 Å². The Labute approximate surface area is 158 Å². The highest BCUT2D eigenvalue weighted by atomic mass is 19.2. The maximum Gasteiger partial charge on any atom is 0.162 e. The van der Waals surface area contributed by atoms with Gasteiger partial charge in [-0.15, -0.1) is 0 Å². The number of benzene rings is 2. The van der Waals surface area contributed by atoms with Crippen LogP contribution in [0.2, 0.25) is 0 Å². The number of aliphatic hydroxyl groups is 2. The molecule has 3 nitrogen and oxygen atoms in total. The Bertz CT molecular complexity index is 806. The van der Waals surface area contributed by atoms with Crippen molar-refractivity contribution in [2.75, 3.05) is 6.61 Å². The number of aliphatic hydroxyl groups excluding tert-OH is 2. The Morgan fingerprint density at radius 2 is 1.74 bits per heavy atom. The second-order valence-electron chi connectivity index (χ2n) is 7.28. The summed E-state index contributed by atoms with van der Waals surface area (Å²) in [5, 5.41) is 19.4. The lowest BCUT2D eigenvalue weighted by Gasteiger charge is -2.32. The van der Waals surface area contributed by atoms with Gasteiger partial charge in [0.25, 0.3) is 0 Å². The average molecular weight is 376 g/mol. The molecule has 3 atom stereocenters. The van der Waals surface area contributed by atoms with E-state index in [1.165, 1.54) is 0 Å². The summed E-state index contributed by atoms with van der Waals surface area (Å²) in [6, 6.07) is 9.06. The lowest BCUT2D eigenvalue weighted by atomic mass is 9.92. The largest absolute Gasteiger partial charge is 0.394 e. The number of ether oxygens (including phenoxy) is 1. The molecule has 2 aromatic carbocycles. The molecule has 2 N–H and O–H groups in total. The summed E-state index contributed by atoms with van der Waals surface area (Å²) in [7, 11) is 0. The topological polar surface area (TPSA) is 49.7 Å². The summed E-state index contributed by atoms with van der Waals surface area (Å²) >= 11 is 0. The van der Waals surface area contributed by atoms with Gasteiger partial charge in [0.1, 0.15) is 0 Å². The van der Waals surface area contributed by atoms with Crippen LogP contribution in [0.15, 0.2) is 30.3 Å². The summed E-state index contributed by atoms with van der Waals surface area (Å²) in [4.78, 5) is 0. The summed E-state index contributed by atoms with van der Waals surface area (Å²) in [5.41, 5.74) is 3.44. The van der Waals surface area contributed by atoms with E-state index in [1.54, 1.807) is 19.1 Å². The van der Waals surface area contributed by atoms with Crippen molar-refractivity contribution in [3.05, 3.63) is 69.8 Å². The fourth-order valence-corrected chi connectivity index (χ4v) is 3.65. The molecule has 146 valence electrons. The quantitative estimate of drug-likeness (QED) is 0.829. The van der Waals surface area contributed by atoms with Gasteiger partial charge in [0.2, 0.25) is 0 Å². The molecule has 0 radical (unpaired) electrons. The first kappa shape index (κ1) is 19.9. The first-order valence-corrected chi connectivity index (χ1v) is 9.42. The van der Waals surface area contributed by atoms with Crippen molar-refractivity contribution in [3.63, 3.8) is 0 Å². The maximum absolute atomic E-state index is 14.4. The highest BCUT2D eigenvalue weighted by molar-refractivity contribution is 5.38. The summed E-state index contributed by atoms with van der Waals surface area (Å²) in [6.07, 6.45) is 0.355. The highest BCUT2D eigenvalue weighted by Gasteiger charge is 2.29. The van der Waals surface area contributed by atoms with Gasteiger partial charge < -0.3 is 14.9 Å². The van der Waals surface area contributed by atoms with Gasteiger partial charge in [-0.1, -0.05) is 37.3 Å². The molecule has 2 aromatic rings. The number of hydrogen-bond acceptors (Lipinski definition) is 3. The molecule has 0 bridgehead atoms. The van der Waals surface area contributed by atoms with E-state index in [2.05, 4.69) is 0 Å². The molecule has 0 unspecified atom stereocenters. The predicted octanol–water partition coefficient (Wildman–Crippen LogP) is 4.00. The molecule has 0 aliphatic carbocycles. The third kappa shape index (κ3) is 4.37. The van der Waals surface area contributed by atoms with Crippen molar-refractivity contribution in [3.8, 4) is 0 Å². The van der Waals surface area contributed by atoms with Gasteiger partial charge in [-0.3, -0.25) is 0 Å². The summed E-state index contributed by atoms with van der Waals surface area (Å²) in [5.74, 6) is -1.56. The second-order valence-corrected chi connectivity index (χ2v) is 7.28. The van der Waals surface area contributed by atoms with Gasteiger partial charge in [-0.2, -0.15) is 0 Å². The molecule has 1 aliphatic heterocycles. The van der Waals surface area contributed by atoms with Crippen LogP contribution in [0.25, 0.3) is 0 Å². The van der Waals surface area contributed by atoms with E-state index in [4.69, 9.17) is 4.74 Å². The van der Waals surface area contributed by atoms with Crippen LogP contribution in [0.1, 0.15) is 53.7 Å². The molecule has 0 spiro atoms. The molecule has 0 aromatic heterocycles. The minimum absolute atomic E-state index is 0.138. The zero-order chi connectivity index (χ0) is 19.6. The Morgan fingerprint density at radius 3 is 2.44 bits per heavy atom. The van der Waals surface area contributed by atoms with Crippen molar-refractivity contribution >= 4 is 0 Å². The van der Waals surface area contributed by atoms with Crippen LogP contribution < -0.4 is 0 Å². The number of aryl methyl sites for hydroxylation is 2. The third-order valence-electron chi connectivity index (χ3n) is 5.33. The Kier molecular flexibility index (Phi) is 6.25. The van der Waals surface area contributed by atoms with Crippen LogP contribution >= 0.6 is 0 Å². The van der Waals surface area contributed by atoms with E-state index in [-0.39, 0.29) is 19.1 Å². The second kappa shape index (κ2) is 8.46. The molecule has 1 aliphatic rings. The van der Waals surface area contributed by atoms with E-state index < -0.39 is 23.8 Å². The maximum atomic E-state index is 14.4. The first-order valence-electron chi connectivity index (χ1n) is 9.42. The van der Waals surface area contributed by atoms with Crippen molar-refractivity contribution in [2.45, 2.75) is 57.8 Å². The molecule has 1 fully saturated rings. The van der Waals surface area contributed by atoms with Gasteiger partial charge in [0.15, 0.2) is 11.6 Å². The van der Waals surface area contributed by atoms with Crippen LogP contribution in [0.3, 0.4) is 0 Å². The smallest absolute Gasteiger partial charge is 0.162 e. The minimum Gasteiger partial charge on any atom is -0.394 e. The molecule has 3 rings (SSSR count). The van der Waals surface area contributed by atoms with Gasteiger partial charge in [-0.25, -0.2) is 8.78 Å². The van der Waals surface area contributed by atoms with E-state index in [0.29, 0.717) is 30.4 Å². The molecular formula is C22H26F2O3. The summed E-state index contributed by atoms with van der Waals surface area (Å²) < 4.78 is 34.4. The number of halogens is 2. The van der Waals surface area contributed by atoms with Gasteiger partial charge in [0, 0.05) is 19.3 Å². The van der Waals surface area contributed by atoms with Crippen molar-refractivity contribution in [1.29, 1.82) is 0 Å². The van der Waals surface area contributed by atoms with Gasteiger partial charge in [-0.05, 0) is 41.2 Å². The van der Waals surface area contributed by atoms with E-state index in [1.807, 2.05) is 25.1 Å². The highest BCUT2D eigenvalue weighted by Crippen LogP contribution is 2.33. The zero-order valence-electron chi connectivity index (χ0n) is 15.7. The molecule has 0 amide bonds. The van der Waals surface area contributed by atoms with Crippen molar-refractivity contribution in [2.24, 2.45) is 0 Å². The fraction of sp³-hybridized carbons (Fsp3) is 0.455. The monoisotopic (exact) mass is 376 g/mol. The SMILES string of the molecule is CCc1ccc(Cc2cc([C@H]3C[C@@H](O)C[C@@H](CO)O3)ccc2C)c(F)c1F. The predicted molar refractivity (Wildman–Crippen MR) is 99.7 cm³/mol. The average Bonchev–Trinajstić information content (AvgIpc) is 2.66. The van der Waals surface area contributed by atoms with Crippen LogP contribution in [0, 0.1) is 18.6 Å². The van der Waals surface area contributed by atoms with Gasteiger partial charge >= 0.3 is 0 Å². The Morgan fingerprint density at radius 1 is 1.04 bits per heavy atom. The van der Waals surface area contributed by atoms with Crippen molar-refractivity contribution < 1.29 is 23.7 Å². The minimum atomic E-state index is -0.788. The van der Waals surface area contributed by atoms with Crippen LogP contribution in [-0.4, -0.2) is 29.0 Å². The number of rotatable bonds is 5. The van der Waals surface area contributed by atoms with Crippen molar-refractivity contribution in [1.82, 2.24) is 0 Å². The van der Waals surface area contributed by atoms with E-state index in [9.17, 15) is 19.0 Å². The lowest BCUT2D eigenvalue weighted by Crippen LogP contribution is -2.33. The normalized spacial score (nSPS) is 22.8. The van der Waals surface area contributed by atoms with E-state index in [0.717, 1.165) is 16.7 Å².